The molecule has 0 unspecified atom stereocenters. The van der Waals surface area contributed by atoms with E-state index >= 15 is 0 Å². The summed E-state index contributed by atoms with van der Waals surface area (Å²) in [6, 6.07) is 11.9. The number of fused-ring (bicyclic) bond motifs is 1. The SMILES string of the molecule is C=CCOC(=O)COc1ccc2c(c1)OC(=Cc1ccccc1Cl)C2=O. The van der Waals surface area contributed by atoms with Crippen molar-refractivity contribution >= 4 is 29.4 Å². The minimum Gasteiger partial charge on any atom is -0.482 e. The fourth-order valence-electron chi connectivity index (χ4n) is 2.33. The fourth-order valence-corrected chi connectivity index (χ4v) is 2.52. The molecular formula is C20H15ClO5. The van der Waals surface area contributed by atoms with E-state index in [4.69, 9.17) is 25.8 Å². The number of allylic oxidation sites excluding steroid dienone is 1. The number of hydrogen-bond acceptors (Lipinski definition) is 5. The maximum absolute atomic E-state index is 12.4. The van der Waals surface area contributed by atoms with Gasteiger partial charge in [-0.05, 0) is 29.8 Å². The minimum absolute atomic E-state index is 0.125. The highest BCUT2D eigenvalue weighted by Gasteiger charge is 2.28. The van der Waals surface area contributed by atoms with Crippen molar-refractivity contribution in [2.45, 2.75) is 0 Å². The van der Waals surface area contributed by atoms with Gasteiger partial charge in [-0.3, -0.25) is 4.79 Å². The highest BCUT2D eigenvalue weighted by Crippen LogP contribution is 2.35. The van der Waals surface area contributed by atoms with Crippen LogP contribution >= 0.6 is 11.6 Å². The Balaban J connectivity index is 1.73. The van der Waals surface area contributed by atoms with E-state index in [2.05, 4.69) is 6.58 Å². The topological polar surface area (TPSA) is 61.8 Å². The van der Waals surface area contributed by atoms with Crippen LogP contribution in [-0.4, -0.2) is 25.0 Å². The zero-order chi connectivity index (χ0) is 18.5. The molecular weight excluding hydrogens is 356 g/mol. The Bertz CT molecular complexity index is 901. The molecule has 6 heteroatoms. The van der Waals surface area contributed by atoms with E-state index in [-0.39, 0.29) is 24.8 Å². The molecule has 0 saturated heterocycles. The lowest BCUT2D eigenvalue weighted by atomic mass is 10.1. The third kappa shape index (κ3) is 3.95. The van der Waals surface area contributed by atoms with Crippen LogP contribution in [0.5, 0.6) is 11.5 Å². The summed E-state index contributed by atoms with van der Waals surface area (Å²) in [7, 11) is 0. The number of rotatable bonds is 6. The molecule has 0 aliphatic carbocycles. The molecule has 5 nitrogen and oxygen atoms in total. The van der Waals surface area contributed by atoms with Crippen LogP contribution in [0.4, 0.5) is 0 Å². The molecule has 1 aliphatic heterocycles. The first kappa shape index (κ1) is 17.8. The molecule has 0 aromatic heterocycles. The molecule has 0 fully saturated rings. The Morgan fingerprint density at radius 1 is 1.23 bits per heavy atom. The predicted molar refractivity (Wildman–Crippen MR) is 97.5 cm³/mol. The molecule has 26 heavy (non-hydrogen) atoms. The van der Waals surface area contributed by atoms with Gasteiger partial charge in [0.15, 0.2) is 12.4 Å². The molecule has 0 N–H and O–H groups in total. The molecule has 2 aromatic rings. The van der Waals surface area contributed by atoms with Gasteiger partial charge in [-0.15, -0.1) is 0 Å². The molecule has 3 rings (SSSR count). The normalized spacial score (nSPS) is 13.9. The number of benzene rings is 2. The van der Waals surface area contributed by atoms with E-state index < -0.39 is 5.97 Å². The lowest BCUT2D eigenvalue weighted by Gasteiger charge is -2.06. The summed E-state index contributed by atoms with van der Waals surface area (Å²) in [4.78, 5) is 23.9. The molecule has 2 aromatic carbocycles. The number of esters is 1. The molecule has 1 heterocycles. The van der Waals surface area contributed by atoms with Gasteiger partial charge in [0.05, 0.1) is 5.56 Å². The summed E-state index contributed by atoms with van der Waals surface area (Å²) in [5.41, 5.74) is 1.11. The maximum atomic E-state index is 12.4. The van der Waals surface area contributed by atoms with E-state index in [1.807, 2.05) is 6.07 Å². The van der Waals surface area contributed by atoms with Crippen molar-refractivity contribution < 1.29 is 23.8 Å². The molecule has 0 amide bonds. The van der Waals surface area contributed by atoms with E-state index in [0.29, 0.717) is 27.6 Å². The van der Waals surface area contributed by atoms with Gasteiger partial charge in [-0.2, -0.15) is 0 Å². The van der Waals surface area contributed by atoms with Crippen LogP contribution < -0.4 is 9.47 Å². The summed E-state index contributed by atoms with van der Waals surface area (Å²) >= 11 is 6.11. The van der Waals surface area contributed by atoms with Gasteiger partial charge >= 0.3 is 5.97 Å². The first-order valence-electron chi connectivity index (χ1n) is 7.80. The summed E-state index contributed by atoms with van der Waals surface area (Å²) in [5.74, 6) is 0.186. The van der Waals surface area contributed by atoms with Gasteiger partial charge in [0.2, 0.25) is 5.78 Å². The van der Waals surface area contributed by atoms with Crippen molar-refractivity contribution in [3.05, 3.63) is 77.0 Å². The first-order valence-corrected chi connectivity index (χ1v) is 8.18. The molecule has 0 bridgehead atoms. The van der Waals surface area contributed by atoms with E-state index in [0.717, 1.165) is 0 Å². The number of hydrogen-bond donors (Lipinski definition) is 0. The highest BCUT2D eigenvalue weighted by molar-refractivity contribution is 6.32. The van der Waals surface area contributed by atoms with Crippen molar-refractivity contribution in [1.82, 2.24) is 0 Å². The Morgan fingerprint density at radius 3 is 2.81 bits per heavy atom. The van der Waals surface area contributed by atoms with Crippen LogP contribution in [0, 0.1) is 0 Å². The van der Waals surface area contributed by atoms with Gasteiger partial charge in [-0.25, -0.2) is 4.79 Å². The molecule has 0 atom stereocenters. The van der Waals surface area contributed by atoms with Gasteiger partial charge < -0.3 is 14.2 Å². The number of carbonyl (C=O) groups is 2. The van der Waals surface area contributed by atoms with Crippen LogP contribution in [0.2, 0.25) is 5.02 Å². The Hall–Kier alpha value is -3.05. The molecule has 132 valence electrons. The van der Waals surface area contributed by atoms with Gasteiger partial charge in [0.25, 0.3) is 0 Å². The predicted octanol–water partition coefficient (Wildman–Crippen LogP) is 4.06. The zero-order valence-corrected chi connectivity index (χ0v) is 14.5. The second-order valence-corrected chi connectivity index (χ2v) is 5.79. The first-order chi connectivity index (χ1) is 12.6. The lowest BCUT2D eigenvalue weighted by molar-refractivity contribution is -0.144. The van der Waals surface area contributed by atoms with Crippen molar-refractivity contribution in [3.8, 4) is 11.5 Å². The largest absolute Gasteiger partial charge is 0.482 e. The number of carbonyl (C=O) groups excluding carboxylic acids is 2. The summed E-state index contributed by atoms with van der Waals surface area (Å²) in [6.45, 7) is 3.34. The monoisotopic (exact) mass is 370 g/mol. The Kier molecular flexibility index (Phi) is 5.39. The van der Waals surface area contributed by atoms with Crippen molar-refractivity contribution in [2.24, 2.45) is 0 Å². The van der Waals surface area contributed by atoms with Crippen LogP contribution in [0.3, 0.4) is 0 Å². The summed E-state index contributed by atoms with van der Waals surface area (Å²) < 4.78 is 15.8. The smallest absolute Gasteiger partial charge is 0.344 e. The number of halogens is 1. The van der Waals surface area contributed by atoms with E-state index in [1.54, 1.807) is 42.5 Å². The number of ketones is 1. The van der Waals surface area contributed by atoms with Crippen molar-refractivity contribution in [3.63, 3.8) is 0 Å². The van der Waals surface area contributed by atoms with Crippen LogP contribution in [0.25, 0.3) is 6.08 Å². The zero-order valence-electron chi connectivity index (χ0n) is 13.7. The minimum atomic E-state index is -0.512. The van der Waals surface area contributed by atoms with Gasteiger partial charge in [-0.1, -0.05) is 42.5 Å². The van der Waals surface area contributed by atoms with Gasteiger partial charge in [0, 0.05) is 11.1 Å². The Labute approximate surface area is 155 Å². The van der Waals surface area contributed by atoms with E-state index in [1.165, 1.54) is 6.08 Å². The fraction of sp³-hybridized carbons (Fsp3) is 0.100. The third-order valence-corrected chi connectivity index (χ3v) is 3.90. The van der Waals surface area contributed by atoms with Crippen molar-refractivity contribution in [1.29, 1.82) is 0 Å². The quantitative estimate of drug-likeness (QED) is 0.436. The average molecular weight is 371 g/mol. The van der Waals surface area contributed by atoms with E-state index in [9.17, 15) is 9.59 Å². The molecule has 1 aliphatic rings. The number of ether oxygens (including phenoxy) is 3. The highest BCUT2D eigenvalue weighted by atomic mass is 35.5. The summed E-state index contributed by atoms with van der Waals surface area (Å²) in [5, 5.41) is 0.523. The molecule has 0 spiro atoms. The maximum Gasteiger partial charge on any atom is 0.344 e. The van der Waals surface area contributed by atoms with Gasteiger partial charge in [0.1, 0.15) is 18.1 Å². The van der Waals surface area contributed by atoms with Crippen LogP contribution in [-0.2, 0) is 9.53 Å². The average Bonchev–Trinajstić information content (AvgIpc) is 2.95. The number of Topliss-reactive ketones (excluding diaryl/α,β-unsaturated/α-hetero) is 1. The Morgan fingerprint density at radius 2 is 2.04 bits per heavy atom. The molecule has 0 radical (unpaired) electrons. The summed E-state index contributed by atoms with van der Waals surface area (Å²) in [6.07, 6.45) is 3.07. The molecule has 0 saturated carbocycles. The standard InChI is InChI=1S/C20H15ClO5/c1-2-9-24-19(22)12-25-14-7-8-15-17(11-14)26-18(20(15)23)10-13-5-3-4-6-16(13)21/h2-8,10-11H,1,9,12H2. The second-order valence-electron chi connectivity index (χ2n) is 5.38. The third-order valence-electron chi connectivity index (χ3n) is 3.55. The van der Waals surface area contributed by atoms with Crippen LogP contribution in [0.15, 0.2) is 60.9 Å². The van der Waals surface area contributed by atoms with Crippen LogP contribution in [0.1, 0.15) is 15.9 Å². The second kappa shape index (κ2) is 7.89. The van der Waals surface area contributed by atoms with Crippen molar-refractivity contribution in [2.75, 3.05) is 13.2 Å². The lowest BCUT2D eigenvalue weighted by Crippen LogP contribution is -2.14.